The minimum Gasteiger partial charge on any atom is -0.478 e. The van der Waals surface area contributed by atoms with Crippen LogP contribution in [0.15, 0.2) is 36.4 Å². The Morgan fingerprint density at radius 3 is 2.45 bits per heavy atom. The lowest BCUT2D eigenvalue weighted by atomic mass is 9.88. The molecule has 0 aromatic heterocycles. The third-order valence-corrected chi connectivity index (χ3v) is 5.44. The van der Waals surface area contributed by atoms with Gasteiger partial charge in [-0.25, -0.2) is 9.59 Å². The molecule has 1 aliphatic rings. The molecule has 2 N–H and O–H groups in total. The van der Waals surface area contributed by atoms with E-state index in [2.05, 4.69) is 5.32 Å². The summed E-state index contributed by atoms with van der Waals surface area (Å²) >= 11 is 0. The van der Waals surface area contributed by atoms with Crippen LogP contribution in [0.4, 0.5) is 10.5 Å². The van der Waals surface area contributed by atoms with Gasteiger partial charge in [0.25, 0.3) is 0 Å². The molecule has 2 aromatic carbocycles. The maximum atomic E-state index is 12.3. The Bertz CT molecular complexity index is 1030. The van der Waals surface area contributed by atoms with E-state index in [4.69, 9.17) is 4.74 Å². The van der Waals surface area contributed by atoms with Crippen molar-refractivity contribution in [1.82, 2.24) is 5.32 Å². The maximum Gasteiger partial charge on any atom is 0.407 e. The lowest BCUT2D eigenvalue weighted by Crippen LogP contribution is -2.45. The van der Waals surface area contributed by atoms with Crippen molar-refractivity contribution in [3.8, 4) is 11.1 Å². The molecule has 0 saturated heterocycles. The van der Waals surface area contributed by atoms with Crippen LogP contribution in [0.25, 0.3) is 11.1 Å². The highest BCUT2D eigenvalue weighted by Gasteiger charge is 2.33. The number of anilines is 1. The fourth-order valence-corrected chi connectivity index (χ4v) is 4.16. The van der Waals surface area contributed by atoms with Crippen molar-refractivity contribution in [1.29, 1.82) is 0 Å². The lowest BCUT2D eigenvalue weighted by molar-refractivity contribution is -0.117. The quantitative estimate of drug-likeness (QED) is 0.743. The minimum atomic E-state index is -0.973. The van der Waals surface area contributed by atoms with Crippen LogP contribution in [0.5, 0.6) is 0 Å². The van der Waals surface area contributed by atoms with Crippen LogP contribution in [-0.2, 0) is 9.53 Å². The summed E-state index contributed by atoms with van der Waals surface area (Å²) in [4.78, 5) is 37.6. The second kappa shape index (κ2) is 8.79. The molecule has 2 aromatic rings. The predicted molar refractivity (Wildman–Crippen MR) is 118 cm³/mol. The van der Waals surface area contributed by atoms with E-state index in [-0.39, 0.29) is 29.7 Å². The topological polar surface area (TPSA) is 95.9 Å². The number of carboxylic acids is 1. The number of rotatable bonds is 4. The number of hydrogen-bond acceptors (Lipinski definition) is 4. The summed E-state index contributed by atoms with van der Waals surface area (Å²) in [6.07, 6.45) is -0.182. The van der Waals surface area contributed by atoms with Crippen molar-refractivity contribution in [2.75, 3.05) is 4.90 Å². The number of aromatic carboxylic acids is 1. The zero-order valence-corrected chi connectivity index (χ0v) is 18.4. The van der Waals surface area contributed by atoms with Crippen LogP contribution in [-0.4, -0.2) is 35.2 Å². The fourth-order valence-electron chi connectivity index (χ4n) is 4.16. The molecule has 0 bridgehead atoms. The van der Waals surface area contributed by atoms with E-state index in [9.17, 15) is 19.5 Å². The SMILES string of the molecule is CC(=O)N1c2ccc(-c3ccc(C(=O)O)cc3C)cc2C(NC(=O)OC(C)C)CC1C. The van der Waals surface area contributed by atoms with Gasteiger partial charge in [0.05, 0.1) is 17.7 Å². The van der Waals surface area contributed by atoms with Crippen LogP contribution >= 0.6 is 0 Å². The summed E-state index contributed by atoms with van der Waals surface area (Å²) in [5, 5.41) is 12.2. The van der Waals surface area contributed by atoms with E-state index in [0.717, 1.165) is 27.9 Å². The van der Waals surface area contributed by atoms with Gasteiger partial charge in [-0.3, -0.25) is 4.79 Å². The Labute approximate surface area is 182 Å². The average molecular weight is 424 g/mol. The Morgan fingerprint density at radius 2 is 1.87 bits per heavy atom. The van der Waals surface area contributed by atoms with E-state index in [1.165, 1.54) is 6.92 Å². The first-order valence-corrected chi connectivity index (χ1v) is 10.3. The van der Waals surface area contributed by atoms with Crippen molar-refractivity contribution in [3.05, 3.63) is 53.1 Å². The number of alkyl carbamates (subject to hydrolysis) is 1. The molecular formula is C24H28N2O5. The molecule has 2 unspecified atom stereocenters. The zero-order valence-electron chi connectivity index (χ0n) is 18.4. The maximum absolute atomic E-state index is 12.3. The first kappa shape index (κ1) is 22.3. The van der Waals surface area contributed by atoms with Gasteiger partial charge >= 0.3 is 12.1 Å². The number of ether oxygens (including phenoxy) is 1. The molecule has 0 spiro atoms. The zero-order chi connectivity index (χ0) is 22.9. The molecule has 7 heteroatoms. The number of benzene rings is 2. The summed E-state index contributed by atoms with van der Waals surface area (Å²) < 4.78 is 5.26. The summed E-state index contributed by atoms with van der Waals surface area (Å²) in [7, 11) is 0. The molecule has 164 valence electrons. The predicted octanol–water partition coefficient (Wildman–Crippen LogP) is 4.68. The number of carbonyl (C=O) groups is 3. The molecule has 2 atom stereocenters. The van der Waals surface area contributed by atoms with Crippen molar-refractivity contribution < 1.29 is 24.2 Å². The summed E-state index contributed by atoms with van der Waals surface area (Å²) in [5.74, 6) is -1.04. The molecule has 7 nitrogen and oxygen atoms in total. The van der Waals surface area contributed by atoms with Gasteiger partial charge in [-0.05, 0) is 80.6 Å². The molecule has 2 amide bonds. The second-order valence-corrected chi connectivity index (χ2v) is 8.23. The normalized spacial score (nSPS) is 17.8. The van der Waals surface area contributed by atoms with Gasteiger partial charge in [0.15, 0.2) is 0 Å². The summed E-state index contributed by atoms with van der Waals surface area (Å²) in [6, 6.07) is 10.3. The standard InChI is InChI=1S/C24H28N2O5/c1-13(2)31-24(30)25-21-11-15(4)26(16(5)27)22-9-7-17(12-20(21)22)19-8-6-18(23(28)29)10-14(19)3/h6-10,12-13,15,21H,11H2,1-5H3,(H,25,30)(H,28,29). The largest absolute Gasteiger partial charge is 0.478 e. The smallest absolute Gasteiger partial charge is 0.407 e. The first-order valence-electron chi connectivity index (χ1n) is 10.3. The highest BCUT2D eigenvalue weighted by molar-refractivity contribution is 5.94. The number of amides is 2. The number of hydrogen-bond donors (Lipinski definition) is 2. The third-order valence-electron chi connectivity index (χ3n) is 5.44. The third kappa shape index (κ3) is 4.71. The van der Waals surface area contributed by atoms with E-state index < -0.39 is 12.1 Å². The average Bonchev–Trinajstić information content (AvgIpc) is 2.66. The Hall–Kier alpha value is -3.35. The van der Waals surface area contributed by atoms with Crippen LogP contribution in [0, 0.1) is 6.92 Å². The molecule has 0 aliphatic carbocycles. The molecule has 0 fully saturated rings. The van der Waals surface area contributed by atoms with Gasteiger partial charge in [-0.2, -0.15) is 0 Å². The number of nitrogens with one attached hydrogen (secondary N) is 1. The van der Waals surface area contributed by atoms with Gasteiger partial charge in [-0.1, -0.05) is 12.1 Å². The molecule has 0 radical (unpaired) electrons. The van der Waals surface area contributed by atoms with Crippen molar-refractivity contribution in [2.45, 2.75) is 59.2 Å². The van der Waals surface area contributed by atoms with E-state index in [1.54, 1.807) is 36.9 Å². The van der Waals surface area contributed by atoms with Gasteiger partial charge in [-0.15, -0.1) is 0 Å². The van der Waals surface area contributed by atoms with Crippen molar-refractivity contribution in [2.24, 2.45) is 0 Å². The Balaban J connectivity index is 2.06. The highest BCUT2D eigenvalue weighted by atomic mass is 16.6. The van der Waals surface area contributed by atoms with Crippen LogP contribution in [0.1, 0.15) is 61.6 Å². The van der Waals surface area contributed by atoms with E-state index >= 15 is 0 Å². The Kier molecular flexibility index (Phi) is 6.34. The minimum absolute atomic E-state index is 0.0632. The number of nitrogens with zero attached hydrogens (tertiary/aromatic N) is 1. The molecule has 31 heavy (non-hydrogen) atoms. The number of fused-ring (bicyclic) bond motifs is 1. The Morgan fingerprint density at radius 1 is 1.16 bits per heavy atom. The van der Waals surface area contributed by atoms with Crippen LogP contribution in [0.2, 0.25) is 0 Å². The van der Waals surface area contributed by atoms with Crippen LogP contribution in [0.3, 0.4) is 0 Å². The monoisotopic (exact) mass is 424 g/mol. The van der Waals surface area contributed by atoms with Crippen molar-refractivity contribution >= 4 is 23.7 Å². The number of aryl methyl sites for hydroxylation is 1. The van der Waals surface area contributed by atoms with Gasteiger partial charge in [0.2, 0.25) is 5.91 Å². The van der Waals surface area contributed by atoms with E-state index in [1.807, 2.05) is 32.0 Å². The second-order valence-electron chi connectivity index (χ2n) is 8.23. The van der Waals surface area contributed by atoms with Gasteiger partial charge in [0.1, 0.15) is 0 Å². The first-order chi connectivity index (χ1) is 14.6. The van der Waals surface area contributed by atoms with Gasteiger partial charge < -0.3 is 20.1 Å². The summed E-state index contributed by atoms with van der Waals surface area (Å²) in [5.41, 5.74) is 4.42. The molecule has 1 heterocycles. The fraction of sp³-hybridized carbons (Fsp3) is 0.375. The molecule has 1 aliphatic heterocycles. The summed E-state index contributed by atoms with van der Waals surface area (Å²) in [6.45, 7) is 8.92. The van der Waals surface area contributed by atoms with E-state index in [0.29, 0.717) is 6.42 Å². The van der Waals surface area contributed by atoms with Crippen molar-refractivity contribution in [3.63, 3.8) is 0 Å². The molecule has 3 rings (SSSR count). The lowest BCUT2D eigenvalue weighted by Gasteiger charge is -2.39. The molecule has 0 saturated carbocycles. The number of carbonyl (C=O) groups excluding carboxylic acids is 2. The number of carboxylic acid groups (broad SMARTS) is 1. The highest BCUT2D eigenvalue weighted by Crippen LogP contribution is 2.40. The molecular weight excluding hydrogens is 396 g/mol. The van der Waals surface area contributed by atoms with Crippen LogP contribution < -0.4 is 10.2 Å². The van der Waals surface area contributed by atoms with Gasteiger partial charge in [0, 0.05) is 18.7 Å².